The molecule has 1 amide bonds. The molecule has 0 bridgehead atoms. The summed E-state index contributed by atoms with van der Waals surface area (Å²) in [6, 6.07) is 10.1. The lowest BCUT2D eigenvalue weighted by Gasteiger charge is -2.39. The molecule has 1 aliphatic carbocycles. The van der Waals surface area contributed by atoms with Crippen LogP contribution in [0, 0.1) is 17.2 Å². The van der Waals surface area contributed by atoms with E-state index in [1.54, 1.807) is 25.3 Å². The van der Waals surface area contributed by atoms with Crippen LogP contribution < -0.4 is 10.1 Å². The topological polar surface area (TPSA) is 88.1 Å². The Balaban J connectivity index is 1.59. The van der Waals surface area contributed by atoms with E-state index in [1.807, 2.05) is 26.8 Å². The molecule has 42 heavy (non-hydrogen) atoms. The van der Waals surface area contributed by atoms with Gasteiger partial charge in [-0.05, 0) is 60.6 Å². The summed E-state index contributed by atoms with van der Waals surface area (Å²) in [6.07, 6.45) is 4.94. The van der Waals surface area contributed by atoms with Gasteiger partial charge in [-0.3, -0.25) is 4.79 Å². The van der Waals surface area contributed by atoms with Crippen molar-refractivity contribution in [2.75, 3.05) is 13.7 Å². The van der Waals surface area contributed by atoms with E-state index in [-0.39, 0.29) is 11.3 Å². The summed E-state index contributed by atoms with van der Waals surface area (Å²) in [5, 5.41) is 14.3. The number of hydrogen-bond donors (Lipinski definition) is 2. The van der Waals surface area contributed by atoms with Crippen molar-refractivity contribution in [2.24, 2.45) is 11.3 Å². The SMILES string of the molecule is COc1ccc(C2(C)CCC2)cc1CN[C@H]1[C@H](C(C)(C)C)[C@@H](C(=O)O)N(C(=O)[C@@H]2CCCCO2)[C@H]1c1ccccc1F. The average molecular weight is 581 g/mol. The number of carboxylic acids is 1. The summed E-state index contributed by atoms with van der Waals surface area (Å²) in [4.78, 5) is 28.6. The highest BCUT2D eigenvalue weighted by atomic mass is 19.1. The van der Waals surface area contributed by atoms with Crippen LogP contribution in [0.25, 0.3) is 0 Å². The Bertz CT molecular complexity index is 1300. The Morgan fingerprint density at radius 1 is 1.14 bits per heavy atom. The van der Waals surface area contributed by atoms with E-state index in [2.05, 4.69) is 24.4 Å². The van der Waals surface area contributed by atoms with Gasteiger partial charge in [-0.15, -0.1) is 0 Å². The molecule has 2 aromatic carbocycles. The van der Waals surface area contributed by atoms with Crippen LogP contribution in [-0.4, -0.2) is 53.8 Å². The molecule has 7 nitrogen and oxygen atoms in total. The van der Waals surface area contributed by atoms with E-state index < -0.39 is 47.3 Å². The first-order chi connectivity index (χ1) is 20.0. The number of benzene rings is 2. The highest BCUT2D eigenvalue weighted by Crippen LogP contribution is 2.49. The van der Waals surface area contributed by atoms with Crippen molar-refractivity contribution in [3.63, 3.8) is 0 Å². The van der Waals surface area contributed by atoms with Crippen LogP contribution in [0.4, 0.5) is 4.39 Å². The summed E-state index contributed by atoms with van der Waals surface area (Å²) >= 11 is 0. The summed E-state index contributed by atoms with van der Waals surface area (Å²) in [6.45, 7) is 9.08. The molecule has 2 heterocycles. The fourth-order valence-corrected chi connectivity index (χ4v) is 7.39. The van der Waals surface area contributed by atoms with E-state index in [0.717, 1.165) is 37.0 Å². The lowest BCUT2D eigenvalue weighted by Crippen LogP contribution is -2.51. The van der Waals surface area contributed by atoms with Gasteiger partial charge in [-0.25, -0.2) is 9.18 Å². The number of rotatable bonds is 8. The summed E-state index contributed by atoms with van der Waals surface area (Å²) < 4.78 is 27.2. The van der Waals surface area contributed by atoms with Gasteiger partial charge < -0.3 is 24.8 Å². The standard InChI is InChI=1S/C34H45FN2O5/c1-33(2,3)27-28(36-20-21-19-22(14-15-25(21)41-5)34(4)16-10-17-34)29(23-11-6-7-12-24(23)35)37(30(27)32(39)40)31(38)26-13-8-9-18-42-26/h6-7,11-12,14-15,19,26-30,36H,8-10,13,16-18,20H2,1-5H3,(H,39,40)/t26-,27-,28-,29-,30-/m0/s1. The lowest BCUT2D eigenvalue weighted by molar-refractivity contribution is -0.159. The Morgan fingerprint density at radius 2 is 1.88 bits per heavy atom. The van der Waals surface area contributed by atoms with Gasteiger partial charge in [0.2, 0.25) is 0 Å². The number of carbonyl (C=O) groups excluding carboxylic acids is 1. The largest absolute Gasteiger partial charge is 0.496 e. The van der Waals surface area contributed by atoms with Crippen LogP contribution in [0.15, 0.2) is 42.5 Å². The first kappa shape index (κ1) is 30.5. The van der Waals surface area contributed by atoms with Gasteiger partial charge in [-0.2, -0.15) is 0 Å². The van der Waals surface area contributed by atoms with Crippen molar-refractivity contribution in [2.45, 2.75) is 102 Å². The van der Waals surface area contributed by atoms with Gasteiger partial charge in [0.15, 0.2) is 0 Å². The second kappa shape index (κ2) is 12.0. The van der Waals surface area contributed by atoms with E-state index >= 15 is 4.39 Å². The summed E-state index contributed by atoms with van der Waals surface area (Å²) in [7, 11) is 1.64. The summed E-state index contributed by atoms with van der Waals surface area (Å²) in [5.74, 6) is -1.73. The number of carbonyl (C=O) groups is 2. The van der Waals surface area contributed by atoms with Crippen molar-refractivity contribution < 1.29 is 28.6 Å². The van der Waals surface area contributed by atoms with Crippen LogP contribution in [0.2, 0.25) is 0 Å². The Morgan fingerprint density at radius 3 is 2.45 bits per heavy atom. The van der Waals surface area contributed by atoms with Crippen LogP contribution >= 0.6 is 0 Å². The molecule has 3 aliphatic rings. The molecule has 0 radical (unpaired) electrons. The number of nitrogens with one attached hydrogen (secondary N) is 1. The molecule has 0 aromatic heterocycles. The maximum Gasteiger partial charge on any atom is 0.326 e. The summed E-state index contributed by atoms with van der Waals surface area (Å²) in [5.41, 5.74) is 2.12. The van der Waals surface area contributed by atoms with Crippen LogP contribution in [0.1, 0.15) is 89.0 Å². The van der Waals surface area contributed by atoms with Gasteiger partial charge in [0.1, 0.15) is 23.7 Å². The molecule has 5 atom stereocenters. The van der Waals surface area contributed by atoms with Gasteiger partial charge in [0, 0.05) is 36.2 Å². The monoisotopic (exact) mass is 580 g/mol. The predicted octanol–water partition coefficient (Wildman–Crippen LogP) is 6.00. The molecular weight excluding hydrogens is 535 g/mol. The molecule has 8 heteroatoms. The molecule has 0 unspecified atom stereocenters. The molecule has 2 aliphatic heterocycles. The highest BCUT2D eigenvalue weighted by molar-refractivity contribution is 5.88. The number of hydrogen-bond acceptors (Lipinski definition) is 5. The van der Waals surface area contributed by atoms with E-state index in [1.165, 1.54) is 23.0 Å². The number of aliphatic carboxylic acids is 1. The number of ether oxygens (including phenoxy) is 2. The number of carboxylic acid groups (broad SMARTS) is 1. The molecule has 5 rings (SSSR count). The fourth-order valence-electron chi connectivity index (χ4n) is 7.39. The molecule has 0 spiro atoms. The zero-order valence-corrected chi connectivity index (χ0v) is 25.5. The Hall–Kier alpha value is -2.97. The number of methoxy groups -OCH3 is 1. The lowest BCUT2D eigenvalue weighted by atomic mass is 9.66. The van der Waals surface area contributed by atoms with Crippen molar-refractivity contribution in [1.82, 2.24) is 10.2 Å². The molecule has 2 aromatic rings. The number of likely N-dealkylation sites (tertiary alicyclic amines) is 1. The molecular formula is C34H45FN2O5. The van der Waals surface area contributed by atoms with E-state index in [9.17, 15) is 14.7 Å². The maximum absolute atomic E-state index is 15.6. The third-order valence-electron chi connectivity index (χ3n) is 9.82. The van der Waals surface area contributed by atoms with Gasteiger partial charge >= 0.3 is 5.97 Å². The van der Waals surface area contributed by atoms with E-state index in [0.29, 0.717) is 25.1 Å². The number of amides is 1. The third-order valence-corrected chi connectivity index (χ3v) is 9.82. The second-order valence-corrected chi connectivity index (χ2v) is 13.6. The zero-order chi connectivity index (χ0) is 30.2. The van der Waals surface area contributed by atoms with Gasteiger partial charge in [-0.1, -0.05) is 64.4 Å². The quantitative estimate of drug-likeness (QED) is 0.398. The smallest absolute Gasteiger partial charge is 0.326 e. The molecule has 228 valence electrons. The van der Waals surface area contributed by atoms with Crippen molar-refractivity contribution in [1.29, 1.82) is 0 Å². The fraction of sp³-hybridized carbons (Fsp3) is 0.588. The average Bonchev–Trinajstić information content (AvgIpc) is 3.30. The number of nitrogens with zero attached hydrogens (tertiary/aromatic N) is 1. The molecule has 2 saturated heterocycles. The maximum atomic E-state index is 15.6. The number of halogens is 1. The van der Waals surface area contributed by atoms with Crippen LogP contribution in [0.3, 0.4) is 0 Å². The molecule has 2 N–H and O–H groups in total. The highest BCUT2D eigenvalue weighted by Gasteiger charge is 2.59. The van der Waals surface area contributed by atoms with Crippen LogP contribution in [-0.2, 0) is 26.3 Å². The minimum atomic E-state index is -1.16. The third kappa shape index (κ3) is 5.68. The predicted molar refractivity (Wildman–Crippen MR) is 159 cm³/mol. The van der Waals surface area contributed by atoms with E-state index in [4.69, 9.17) is 9.47 Å². The normalized spacial score (nSPS) is 27.4. The van der Waals surface area contributed by atoms with Crippen LogP contribution in [0.5, 0.6) is 5.75 Å². The first-order valence-corrected chi connectivity index (χ1v) is 15.3. The van der Waals surface area contributed by atoms with Gasteiger partial charge in [0.25, 0.3) is 5.91 Å². The van der Waals surface area contributed by atoms with Gasteiger partial charge in [0.05, 0.1) is 13.2 Å². The van der Waals surface area contributed by atoms with Crippen molar-refractivity contribution in [3.8, 4) is 5.75 Å². The minimum Gasteiger partial charge on any atom is -0.496 e. The van der Waals surface area contributed by atoms with Crippen molar-refractivity contribution >= 4 is 11.9 Å². The first-order valence-electron chi connectivity index (χ1n) is 15.3. The Kier molecular flexibility index (Phi) is 8.68. The second-order valence-electron chi connectivity index (χ2n) is 13.6. The van der Waals surface area contributed by atoms with Crippen molar-refractivity contribution in [3.05, 3.63) is 65.0 Å². The molecule has 3 fully saturated rings. The molecule has 1 saturated carbocycles. The Labute approximate surface area is 248 Å². The minimum absolute atomic E-state index is 0.135. The zero-order valence-electron chi connectivity index (χ0n) is 25.5.